The minimum atomic E-state index is 0. The van der Waals surface area contributed by atoms with Crippen LogP contribution in [0, 0.1) is 17.8 Å². The van der Waals surface area contributed by atoms with E-state index in [1.54, 1.807) is 0 Å². The maximum Gasteiger partial charge on any atom is 0.225 e. The van der Waals surface area contributed by atoms with Crippen LogP contribution in [0.1, 0.15) is 38.5 Å². The fraction of sp³-hybridized carbons (Fsp3) is 0.929. The zero-order chi connectivity index (χ0) is 11.7. The maximum absolute atomic E-state index is 12.4. The predicted molar refractivity (Wildman–Crippen MR) is 74.9 cm³/mol. The summed E-state index contributed by atoms with van der Waals surface area (Å²) >= 11 is 0. The van der Waals surface area contributed by atoms with Gasteiger partial charge in [-0.1, -0.05) is 12.8 Å². The van der Waals surface area contributed by atoms with Gasteiger partial charge in [-0.15, -0.1) is 12.4 Å². The fourth-order valence-electron chi connectivity index (χ4n) is 3.91. The topological polar surface area (TPSA) is 32.3 Å². The van der Waals surface area contributed by atoms with Crippen LogP contribution in [0.3, 0.4) is 0 Å². The van der Waals surface area contributed by atoms with E-state index >= 15 is 0 Å². The molecule has 4 heteroatoms. The Morgan fingerprint density at radius 3 is 2.06 bits per heavy atom. The number of piperidine rings is 1. The lowest BCUT2D eigenvalue weighted by Gasteiger charge is -2.26. The van der Waals surface area contributed by atoms with Crippen LogP contribution in [-0.4, -0.2) is 37.0 Å². The highest BCUT2D eigenvalue weighted by Crippen LogP contribution is 2.36. The molecular formula is C14H25ClN2O. The highest BCUT2D eigenvalue weighted by molar-refractivity contribution is 5.85. The number of hydrogen-bond acceptors (Lipinski definition) is 2. The molecule has 0 aromatic carbocycles. The quantitative estimate of drug-likeness (QED) is 0.793. The lowest BCUT2D eigenvalue weighted by Crippen LogP contribution is -2.40. The molecule has 1 aliphatic carbocycles. The Kier molecular flexibility index (Phi) is 4.91. The Balaban J connectivity index is 0.00000120. The van der Waals surface area contributed by atoms with Gasteiger partial charge in [0.15, 0.2) is 0 Å². The molecule has 0 aromatic rings. The van der Waals surface area contributed by atoms with E-state index in [-0.39, 0.29) is 12.4 Å². The van der Waals surface area contributed by atoms with Crippen molar-refractivity contribution >= 4 is 18.3 Å². The molecule has 104 valence electrons. The Morgan fingerprint density at radius 1 is 0.944 bits per heavy atom. The predicted octanol–water partition coefficient (Wildman–Crippen LogP) is 2.06. The number of nitrogens with zero attached hydrogens (tertiary/aromatic N) is 1. The lowest BCUT2D eigenvalue weighted by molar-refractivity contribution is -0.135. The van der Waals surface area contributed by atoms with Crippen LogP contribution < -0.4 is 5.32 Å². The van der Waals surface area contributed by atoms with E-state index in [9.17, 15) is 4.79 Å². The summed E-state index contributed by atoms with van der Waals surface area (Å²) in [5.74, 6) is 2.43. The van der Waals surface area contributed by atoms with Gasteiger partial charge in [-0.3, -0.25) is 4.79 Å². The molecule has 0 spiro atoms. The standard InChI is InChI=1S/C14H24N2O.ClH/c17-14(11-5-7-15-8-6-11)16-9-12-3-1-2-4-13(12)10-16;/h11-13,15H,1-10H2;1H. The first-order valence-corrected chi connectivity index (χ1v) is 7.34. The van der Waals surface area contributed by atoms with Crippen molar-refractivity contribution in [3.8, 4) is 0 Å². The van der Waals surface area contributed by atoms with Gasteiger partial charge in [0.25, 0.3) is 0 Å². The third-order valence-corrected chi connectivity index (χ3v) is 4.98. The number of nitrogens with one attached hydrogen (secondary N) is 1. The number of rotatable bonds is 1. The summed E-state index contributed by atoms with van der Waals surface area (Å²) in [6.45, 7) is 4.18. The van der Waals surface area contributed by atoms with Gasteiger partial charge in [0.2, 0.25) is 5.91 Å². The van der Waals surface area contributed by atoms with Crippen LogP contribution in [0.4, 0.5) is 0 Å². The molecule has 2 unspecified atom stereocenters. The molecule has 3 nitrogen and oxygen atoms in total. The highest BCUT2D eigenvalue weighted by Gasteiger charge is 2.38. The molecular weight excluding hydrogens is 248 g/mol. The molecule has 1 N–H and O–H groups in total. The maximum atomic E-state index is 12.4. The number of amides is 1. The molecule has 2 saturated heterocycles. The summed E-state index contributed by atoms with van der Waals surface area (Å²) in [6, 6.07) is 0. The molecule has 3 fully saturated rings. The number of likely N-dealkylation sites (tertiary alicyclic amines) is 1. The lowest BCUT2D eigenvalue weighted by atomic mass is 9.82. The molecule has 3 aliphatic rings. The van der Waals surface area contributed by atoms with E-state index in [1.165, 1.54) is 25.7 Å². The smallest absolute Gasteiger partial charge is 0.225 e. The van der Waals surface area contributed by atoms with E-state index in [2.05, 4.69) is 10.2 Å². The molecule has 2 heterocycles. The van der Waals surface area contributed by atoms with E-state index in [0.717, 1.165) is 50.9 Å². The Morgan fingerprint density at radius 2 is 1.50 bits per heavy atom. The number of carbonyl (C=O) groups excluding carboxylic acids is 1. The van der Waals surface area contributed by atoms with E-state index in [1.807, 2.05) is 0 Å². The number of carbonyl (C=O) groups is 1. The second-order valence-electron chi connectivity index (χ2n) is 6.07. The number of halogens is 1. The zero-order valence-electron chi connectivity index (χ0n) is 11.1. The molecule has 18 heavy (non-hydrogen) atoms. The summed E-state index contributed by atoms with van der Waals surface area (Å²) in [5.41, 5.74) is 0. The van der Waals surface area contributed by atoms with Gasteiger partial charge in [0.05, 0.1) is 0 Å². The van der Waals surface area contributed by atoms with Gasteiger partial charge in [0.1, 0.15) is 0 Å². The highest BCUT2D eigenvalue weighted by atomic mass is 35.5. The average molecular weight is 273 g/mol. The van der Waals surface area contributed by atoms with Gasteiger partial charge in [-0.2, -0.15) is 0 Å². The molecule has 1 amide bonds. The van der Waals surface area contributed by atoms with E-state index in [0.29, 0.717) is 11.8 Å². The summed E-state index contributed by atoms with van der Waals surface area (Å²) in [4.78, 5) is 14.6. The van der Waals surface area contributed by atoms with Gasteiger partial charge in [-0.05, 0) is 50.6 Å². The van der Waals surface area contributed by atoms with Gasteiger partial charge in [0, 0.05) is 19.0 Å². The van der Waals surface area contributed by atoms with E-state index in [4.69, 9.17) is 0 Å². The van der Waals surface area contributed by atoms with Crippen molar-refractivity contribution in [2.45, 2.75) is 38.5 Å². The third kappa shape index (κ3) is 2.83. The monoisotopic (exact) mass is 272 g/mol. The molecule has 2 atom stereocenters. The van der Waals surface area contributed by atoms with Gasteiger partial charge >= 0.3 is 0 Å². The van der Waals surface area contributed by atoms with Gasteiger partial charge in [-0.25, -0.2) is 0 Å². The van der Waals surface area contributed by atoms with Crippen LogP contribution in [-0.2, 0) is 4.79 Å². The largest absolute Gasteiger partial charge is 0.342 e. The van der Waals surface area contributed by atoms with Crippen molar-refractivity contribution in [1.29, 1.82) is 0 Å². The molecule has 1 saturated carbocycles. The molecule has 2 aliphatic heterocycles. The summed E-state index contributed by atoms with van der Waals surface area (Å²) in [5, 5.41) is 3.34. The number of hydrogen-bond donors (Lipinski definition) is 1. The molecule has 0 radical (unpaired) electrons. The van der Waals surface area contributed by atoms with Crippen molar-refractivity contribution in [1.82, 2.24) is 10.2 Å². The van der Waals surface area contributed by atoms with Crippen LogP contribution in [0.5, 0.6) is 0 Å². The zero-order valence-corrected chi connectivity index (χ0v) is 11.9. The summed E-state index contributed by atoms with van der Waals surface area (Å²) in [7, 11) is 0. The van der Waals surface area contributed by atoms with Gasteiger partial charge < -0.3 is 10.2 Å². The van der Waals surface area contributed by atoms with Crippen molar-refractivity contribution in [3.63, 3.8) is 0 Å². The Hall–Kier alpha value is -0.280. The third-order valence-electron chi connectivity index (χ3n) is 4.98. The first kappa shape index (κ1) is 14.1. The van der Waals surface area contributed by atoms with Crippen molar-refractivity contribution in [2.24, 2.45) is 17.8 Å². The van der Waals surface area contributed by atoms with Crippen molar-refractivity contribution < 1.29 is 4.79 Å². The minimum Gasteiger partial charge on any atom is -0.342 e. The van der Waals surface area contributed by atoms with Crippen LogP contribution in [0.15, 0.2) is 0 Å². The number of fused-ring (bicyclic) bond motifs is 1. The Labute approximate surface area is 116 Å². The van der Waals surface area contributed by atoms with Crippen LogP contribution in [0.2, 0.25) is 0 Å². The SMILES string of the molecule is Cl.O=C(C1CCNCC1)N1CC2CCCCC2C1. The molecule has 3 rings (SSSR count). The molecule has 0 bridgehead atoms. The first-order chi connectivity index (χ1) is 8.34. The summed E-state index contributed by atoms with van der Waals surface area (Å²) in [6.07, 6.45) is 7.59. The average Bonchev–Trinajstić information content (AvgIpc) is 2.82. The second kappa shape index (κ2) is 6.25. The molecule has 0 aromatic heterocycles. The Bertz CT molecular complexity index is 278. The van der Waals surface area contributed by atoms with Crippen LogP contribution in [0.25, 0.3) is 0 Å². The van der Waals surface area contributed by atoms with Crippen LogP contribution >= 0.6 is 12.4 Å². The van der Waals surface area contributed by atoms with E-state index < -0.39 is 0 Å². The second-order valence-corrected chi connectivity index (χ2v) is 6.07. The summed E-state index contributed by atoms with van der Waals surface area (Å²) < 4.78 is 0. The fourth-order valence-corrected chi connectivity index (χ4v) is 3.91. The minimum absolute atomic E-state index is 0. The first-order valence-electron chi connectivity index (χ1n) is 7.34. The van der Waals surface area contributed by atoms with Crippen molar-refractivity contribution in [3.05, 3.63) is 0 Å². The van der Waals surface area contributed by atoms with Crippen molar-refractivity contribution in [2.75, 3.05) is 26.2 Å². The normalized spacial score (nSPS) is 32.8.